The minimum Gasteiger partial charge on any atom is -0.459 e. The van der Waals surface area contributed by atoms with Crippen molar-refractivity contribution in [2.24, 2.45) is 22.9 Å². The van der Waals surface area contributed by atoms with E-state index in [0.717, 1.165) is 47.9 Å². The van der Waals surface area contributed by atoms with Crippen LogP contribution >= 0.6 is 0 Å². The van der Waals surface area contributed by atoms with Gasteiger partial charge in [-0.2, -0.15) is 0 Å². The molecule has 1 aliphatic heterocycles. The van der Waals surface area contributed by atoms with Crippen molar-refractivity contribution in [3.05, 3.63) is 103 Å². The van der Waals surface area contributed by atoms with Crippen molar-refractivity contribution >= 4 is 11.8 Å². The molecule has 6 atom stereocenters. The third kappa shape index (κ3) is 9.43. The normalized spacial score (nSPS) is 23.8. The van der Waals surface area contributed by atoms with Crippen molar-refractivity contribution in [1.82, 2.24) is 4.90 Å². The molecular formula is C46H58N2O10. The Morgan fingerprint density at radius 1 is 0.914 bits per heavy atom. The highest BCUT2D eigenvalue weighted by atomic mass is 16.7. The number of aliphatic hydroxyl groups is 3. The van der Waals surface area contributed by atoms with Crippen molar-refractivity contribution in [1.29, 1.82) is 0 Å². The molecule has 12 heteroatoms. The van der Waals surface area contributed by atoms with E-state index in [4.69, 9.17) is 28.5 Å². The monoisotopic (exact) mass is 798 g/mol. The van der Waals surface area contributed by atoms with E-state index in [-0.39, 0.29) is 70.4 Å². The van der Waals surface area contributed by atoms with Gasteiger partial charge in [0.25, 0.3) is 0 Å². The molecule has 1 saturated carbocycles. The summed E-state index contributed by atoms with van der Waals surface area (Å²) < 4.78 is 31.7. The lowest BCUT2D eigenvalue weighted by Crippen LogP contribution is -2.70. The zero-order chi connectivity index (χ0) is 40.9. The van der Waals surface area contributed by atoms with Crippen LogP contribution in [-0.4, -0.2) is 104 Å². The molecule has 1 fully saturated rings. The standard InChI is InChI=1S/C46H58N2O10/c1-4-26-56-46-42(48(45(52)53-2)22-27-55-28-25-51)31-40(47-54-3)38-29-34(14-8-10-23-49)37(15-9-11-24-50)43(44(38)46)39-30-36(20-21-41(39)58-46)57-35-18-16-33(17-19-35)32-12-6-5-7-13-32/h4-7,12-13,16-21,29-30,34,37,42-44,49-51H,1,8-11,14-15,22-28,31H2,2-3H3. The number of ether oxygens (including phenoxy) is 5. The van der Waals surface area contributed by atoms with Crippen LogP contribution in [0.1, 0.15) is 56.4 Å². The summed E-state index contributed by atoms with van der Waals surface area (Å²) in [4.78, 5) is 20.9. The lowest BCUT2D eigenvalue weighted by molar-refractivity contribution is -0.255. The van der Waals surface area contributed by atoms with Crippen LogP contribution in [0.5, 0.6) is 17.2 Å². The second-order valence-electron chi connectivity index (χ2n) is 14.9. The first-order chi connectivity index (χ1) is 28.4. The van der Waals surface area contributed by atoms with Gasteiger partial charge in [0, 0.05) is 37.7 Å². The number of allylic oxidation sites excluding steroid dienone is 1. The molecule has 0 aromatic heterocycles. The van der Waals surface area contributed by atoms with E-state index in [1.165, 1.54) is 14.2 Å². The Balaban J connectivity index is 1.51. The predicted octanol–water partition coefficient (Wildman–Crippen LogP) is 7.49. The molecule has 3 N–H and O–H groups in total. The highest BCUT2D eigenvalue weighted by Crippen LogP contribution is 2.62. The lowest BCUT2D eigenvalue weighted by Gasteiger charge is -2.59. The number of hydrogen-bond acceptors (Lipinski definition) is 11. The molecule has 6 rings (SSSR count). The Kier molecular flexibility index (Phi) is 15.4. The first kappa shape index (κ1) is 42.9. The minimum atomic E-state index is -1.43. The average molecular weight is 799 g/mol. The average Bonchev–Trinajstić information content (AvgIpc) is 3.25. The van der Waals surface area contributed by atoms with Crippen molar-refractivity contribution in [2.45, 2.75) is 62.7 Å². The van der Waals surface area contributed by atoms with Gasteiger partial charge in [0.15, 0.2) is 0 Å². The number of rotatable bonds is 21. The van der Waals surface area contributed by atoms with Gasteiger partial charge in [-0.1, -0.05) is 72.6 Å². The van der Waals surface area contributed by atoms with Gasteiger partial charge in [0.1, 0.15) is 30.4 Å². The Morgan fingerprint density at radius 2 is 1.64 bits per heavy atom. The van der Waals surface area contributed by atoms with Crippen LogP contribution in [0.2, 0.25) is 0 Å². The van der Waals surface area contributed by atoms with E-state index in [0.29, 0.717) is 35.8 Å². The lowest BCUT2D eigenvalue weighted by atomic mass is 9.55. The van der Waals surface area contributed by atoms with Crippen LogP contribution < -0.4 is 9.47 Å². The maximum Gasteiger partial charge on any atom is 0.410 e. The molecule has 1 heterocycles. The second kappa shape index (κ2) is 20.8. The highest BCUT2D eigenvalue weighted by Gasteiger charge is 2.65. The number of carbonyl (C=O) groups excluding carboxylic acids is 1. The van der Waals surface area contributed by atoms with Crippen LogP contribution in [0.25, 0.3) is 11.1 Å². The molecule has 1 amide bonds. The Bertz CT molecular complexity index is 1850. The molecule has 0 spiro atoms. The first-order valence-electron chi connectivity index (χ1n) is 20.4. The Labute approximate surface area is 341 Å². The van der Waals surface area contributed by atoms with Crippen molar-refractivity contribution in [3.63, 3.8) is 0 Å². The number of unbranched alkanes of at least 4 members (excludes halogenated alkanes) is 2. The number of aliphatic hydroxyl groups excluding tert-OH is 3. The third-order valence-corrected chi connectivity index (χ3v) is 11.5. The molecule has 2 aliphatic carbocycles. The summed E-state index contributed by atoms with van der Waals surface area (Å²) in [6, 6.07) is 23.3. The SMILES string of the molecule is C=CCOC12Oc3ccc(Oc4ccc(-c5ccccc5)cc4)cc3C3C(CCCCO)C(CCCCO)C=C(C(=NOC)CC1N(CCOCCO)C(=O)OC)C32. The summed E-state index contributed by atoms with van der Waals surface area (Å²) in [6.45, 7) is 4.52. The number of fused-ring (bicyclic) bond motifs is 2. The predicted molar refractivity (Wildman–Crippen MR) is 221 cm³/mol. The quantitative estimate of drug-likeness (QED) is 0.0563. The largest absolute Gasteiger partial charge is 0.459 e. The van der Waals surface area contributed by atoms with Gasteiger partial charge in [0.05, 0.1) is 45.2 Å². The first-order valence-corrected chi connectivity index (χ1v) is 20.4. The molecule has 0 radical (unpaired) electrons. The number of oxime groups is 1. The van der Waals surface area contributed by atoms with E-state index in [1.807, 2.05) is 54.6 Å². The van der Waals surface area contributed by atoms with Crippen molar-refractivity contribution in [3.8, 4) is 28.4 Å². The van der Waals surface area contributed by atoms with Gasteiger partial charge in [0.2, 0.25) is 5.79 Å². The fraction of sp³-hybridized carbons (Fsp3) is 0.478. The van der Waals surface area contributed by atoms with Crippen LogP contribution in [0, 0.1) is 17.8 Å². The van der Waals surface area contributed by atoms with Crippen LogP contribution in [0.15, 0.2) is 102 Å². The van der Waals surface area contributed by atoms with E-state index >= 15 is 0 Å². The second-order valence-corrected chi connectivity index (χ2v) is 14.9. The molecule has 6 unspecified atom stereocenters. The molecule has 3 aliphatic rings. The number of hydrogen-bond donors (Lipinski definition) is 3. The molecule has 12 nitrogen and oxygen atoms in total. The Hall–Kier alpha value is -4.72. The van der Waals surface area contributed by atoms with E-state index in [9.17, 15) is 20.1 Å². The van der Waals surface area contributed by atoms with E-state index in [1.54, 1.807) is 11.0 Å². The summed E-state index contributed by atoms with van der Waals surface area (Å²) in [6.07, 6.45) is 8.18. The Morgan fingerprint density at radius 3 is 2.33 bits per heavy atom. The zero-order valence-electron chi connectivity index (χ0n) is 33.7. The molecule has 0 bridgehead atoms. The summed E-state index contributed by atoms with van der Waals surface area (Å²) >= 11 is 0. The fourth-order valence-corrected chi connectivity index (χ4v) is 9.13. The number of benzene rings is 3. The number of methoxy groups -OCH3 is 1. The van der Waals surface area contributed by atoms with E-state index < -0.39 is 23.8 Å². The maximum atomic E-state index is 13.8. The van der Waals surface area contributed by atoms with Gasteiger partial charge in [-0.25, -0.2) is 4.79 Å². The van der Waals surface area contributed by atoms with Gasteiger partial charge in [-0.3, -0.25) is 4.90 Å². The molecule has 0 saturated heterocycles. The zero-order valence-corrected chi connectivity index (χ0v) is 33.7. The van der Waals surface area contributed by atoms with Gasteiger partial charge in [-0.15, -0.1) is 6.58 Å². The molecule has 312 valence electrons. The van der Waals surface area contributed by atoms with Gasteiger partial charge in [-0.05, 0) is 84.6 Å². The summed E-state index contributed by atoms with van der Waals surface area (Å²) in [7, 11) is 2.85. The van der Waals surface area contributed by atoms with Crippen LogP contribution in [0.4, 0.5) is 4.79 Å². The molecular weight excluding hydrogens is 741 g/mol. The number of nitrogens with zero attached hydrogens (tertiary/aromatic N) is 2. The third-order valence-electron chi connectivity index (χ3n) is 11.5. The van der Waals surface area contributed by atoms with Crippen molar-refractivity contribution in [2.75, 3.05) is 60.4 Å². The topological polar surface area (TPSA) is 149 Å². The number of carbonyl (C=O) groups is 1. The number of amides is 1. The van der Waals surface area contributed by atoms with Gasteiger partial charge >= 0.3 is 6.09 Å². The summed E-state index contributed by atoms with van der Waals surface area (Å²) in [5.74, 6) is -0.0501. The molecule has 58 heavy (non-hydrogen) atoms. The van der Waals surface area contributed by atoms with Crippen LogP contribution in [-0.2, 0) is 19.0 Å². The van der Waals surface area contributed by atoms with Crippen LogP contribution in [0.3, 0.4) is 0 Å². The van der Waals surface area contributed by atoms with Crippen molar-refractivity contribution < 1.29 is 48.6 Å². The van der Waals surface area contributed by atoms with Gasteiger partial charge < -0.3 is 43.8 Å². The minimum absolute atomic E-state index is 0.0516. The molecule has 3 aromatic carbocycles. The smallest absolute Gasteiger partial charge is 0.410 e. The fourth-order valence-electron chi connectivity index (χ4n) is 9.13. The summed E-state index contributed by atoms with van der Waals surface area (Å²) in [5.41, 5.74) is 4.75. The maximum absolute atomic E-state index is 13.8. The summed E-state index contributed by atoms with van der Waals surface area (Å²) in [5, 5.41) is 33.7. The molecule has 3 aromatic rings. The van der Waals surface area contributed by atoms with E-state index in [2.05, 4.69) is 36.0 Å². The highest BCUT2D eigenvalue weighted by molar-refractivity contribution is 6.03.